The lowest BCUT2D eigenvalue weighted by Crippen LogP contribution is -1.95. The fraction of sp³-hybridized carbons (Fsp3) is 0.571. The summed E-state index contributed by atoms with van der Waals surface area (Å²) in [5.41, 5.74) is 0. The molecule has 0 heterocycles. The van der Waals surface area contributed by atoms with Gasteiger partial charge in [-0.1, -0.05) is 12.2 Å². The van der Waals surface area contributed by atoms with Gasteiger partial charge in [-0.3, -0.25) is 0 Å². The predicted octanol–water partition coefficient (Wildman–Crippen LogP) is 1.87. The van der Waals surface area contributed by atoms with Crippen molar-refractivity contribution in [3.63, 3.8) is 0 Å². The largest absolute Gasteiger partial charge is 0.198 e. The molecule has 0 aromatic carbocycles. The first-order chi connectivity index (χ1) is 4.33. The van der Waals surface area contributed by atoms with Crippen molar-refractivity contribution in [3.05, 3.63) is 12.2 Å². The summed E-state index contributed by atoms with van der Waals surface area (Å²) < 4.78 is 7.30. The summed E-state index contributed by atoms with van der Waals surface area (Å²) in [7, 11) is 0. The number of hydrogen-bond donors (Lipinski definition) is 0. The standard InChI is InChI=1S/C7H9N/c8-6-7-4-2-1-3-5-7/h2,4,7H,1,3,5H2/t7-/m0/s1/i3D/t3-,7+/m1. The number of nitrogens with zero attached hydrogens (tertiary/aromatic N) is 1. The van der Waals surface area contributed by atoms with Gasteiger partial charge in [0.05, 0.1) is 12.0 Å². The molecule has 1 nitrogen and oxygen atoms in total. The predicted molar refractivity (Wildman–Crippen MR) is 32.1 cm³/mol. The van der Waals surface area contributed by atoms with Crippen LogP contribution in [0.25, 0.3) is 0 Å². The molecule has 0 N–H and O–H groups in total. The lowest BCUT2D eigenvalue weighted by Gasteiger charge is -2.05. The third-order valence-electron chi connectivity index (χ3n) is 1.26. The van der Waals surface area contributed by atoms with E-state index in [0.29, 0.717) is 6.42 Å². The molecule has 1 aliphatic carbocycles. The summed E-state index contributed by atoms with van der Waals surface area (Å²) in [6.07, 6.45) is 5.31. The van der Waals surface area contributed by atoms with E-state index in [-0.39, 0.29) is 12.3 Å². The molecule has 0 radical (unpaired) electrons. The molecule has 0 unspecified atom stereocenters. The van der Waals surface area contributed by atoms with Gasteiger partial charge in [-0.2, -0.15) is 5.26 Å². The Morgan fingerprint density at radius 2 is 2.75 bits per heavy atom. The van der Waals surface area contributed by atoms with E-state index in [4.69, 9.17) is 6.63 Å². The molecule has 1 aliphatic rings. The Morgan fingerprint density at radius 1 is 1.88 bits per heavy atom. The molecule has 8 heavy (non-hydrogen) atoms. The first kappa shape index (κ1) is 4.14. The molecular formula is C7H9N. The quantitative estimate of drug-likeness (QED) is 0.434. The summed E-state index contributed by atoms with van der Waals surface area (Å²) in [4.78, 5) is 0. The van der Waals surface area contributed by atoms with Crippen LogP contribution in [0, 0.1) is 17.2 Å². The molecule has 0 aromatic heterocycles. The smallest absolute Gasteiger partial charge is 0.0697 e. The van der Waals surface area contributed by atoms with Crippen LogP contribution in [0.3, 0.4) is 0 Å². The van der Waals surface area contributed by atoms with Gasteiger partial charge in [-0.15, -0.1) is 0 Å². The molecular weight excluding hydrogens is 98.1 g/mol. The molecule has 0 fully saturated rings. The van der Waals surface area contributed by atoms with E-state index in [1.165, 1.54) is 0 Å². The summed E-state index contributed by atoms with van der Waals surface area (Å²) in [6, 6.07) is 2.13. The third-order valence-corrected chi connectivity index (χ3v) is 1.26. The number of nitriles is 1. The van der Waals surface area contributed by atoms with Crippen LogP contribution in [0.15, 0.2) is 12.2 Å². The normalized spacial score (nSPS) is 38.1. The Morgan fingerprint density at radius 3 is 3.25 bits per heavy atom. The highest BCUT2D eigenvalue weighted by Crippen LogP contribution is 2.14. The van der Waals surface area contributed by atoms with Crippen molar-refractivity contribution >= 4 is 0 Å². The van der Waals surface area contributed by atoms with Crippen LogP contribution in [0.2, 0.25) is 0 Å². The molecule has 2 atom stereocenters. The van der Waals surface area contributed by atoms with Gasteiger partial charge >= 0.3 is 0 Å². The van der Waals surface area contributed by atoms with Crippen molar-refractivity contribution in [2.75, 3.05) is 0 Å². The van der Waals surface area contributed by atoms with Crippen LogP contribution >= 0.6 is 0 Å². The fourth-order valence-corrected chi connectivity index (χ4v) is 0.789. The molecule has 0 saturated carbocycles. The van der Waals surface area contributed by atoms with E-state index in [9.17, 15) is 0 Å². The minimum atomic E-state index is -0.0420. The Kier molecular flexibility index (Phi) is 1.30. The number of hydrogen-bond acceptors (Lipinski definition) is 1. The Hall–Kier alpha value is -0.770. The first-order valence-electron chi connectivity index (χ1n) is 3.39. The lowest BCUT2D eigenvalue weighted by molar-refractivity contribution is 0.640. The highest BCUT2D eigenvalue weighted by molar-refractivity contribution is 5.02. The monoisotopic (exact) mass is 108 g/mol. The molecule has 0 aliphatic heterocycles. The van der Waals surface area contributed by atoms with E-state index in [0.717, 1.165) is 6.42 Å². The van der Waals surface area contributed by atoms with Crippen molar-refractivity contribution in [3.8, 4) is 6.07 Å². The minimum Gasteiger partial charge on any atom is -0.198 e. The Bertz CT molecular complexity index is 157. The van der Waals surface area contributed by atoms with Crippen LogP contribution in [0.1, 0.15) is 20.6 Å². The van der Waals surface area contributed by atoms with Gasteiger partial charge in [-0.25, -0.2) is 0 Å². The van der Waals surface area contributed by atoms with Gasteiger partial charge in [-0.05, 0) is 19.2 Å². The molecule has 0 amide bonds. The van der Waals surface area contributed by atoms with Gasteiger partial charge in [0.1, 0.15) is 0 Å². The molecule has 42 valence electrons. The van der Waals surface area contributed by atoms with Crippen molar-refractivity contribution in [2.45, 2.75) is 19.2 Å². The van der Waals surface area contributed by atoms with Gasteiger partial charge in [0, 0.05) is 1.37 Å². The first-order valence-corrected chi connectivity index (χ1v) is 2.81. The third kappa shape index (κ3) is 1.10. The molecule has 1 rings (SSSR count). The summed E-state index contributed by atoms with van der Waals surface area (Å²) in [5, 5.41) is 8.42. The van der Waals surface area contributed by atoms with Gasteiger partial charge < -0.3 is 0 Å². The summed E-state index contributed by atoms with van der Waals surface area (Å²) >= 11 is 0. The zero-order chi connectivity index (χ0) is 6.69. The van der Waals surface area contributed by atoms with Crippen LogP contribution in [-0.4, -0.2) is 0 Å². The van der Waals surface area contributed by atoms with Crippen molar-refractivity contribution in [2.24, 2.45) is 5.92 Å². The minimum absolute atomic E-state index is 0.00116. The van der Waals surface area contributed by atoms with Crippen LogP contribution in [0.4, 0.5) is 0 Å². The van der Waals surface area contributed by atoms with Crippen molar-refractivity contribution in [1.82, 2.24) is 0 Å². The molecule has 0 aromatic rings. The maximum atomic E-state index is 8.42. The fourth-order valence-electron chi connectivity index (χ4n) is 0.789. The van der Waals surface area contributed by atoms with E-state index < -0.39 is 0 Å². The molecule has 1 heteroatoms. The average Bonchev–Trinajstić information content (AvgIpc) is 1.88. The van der Waals surface area contributed by atoms with E-state index in [1.54, 1.807) is 0 Å². The second-order valence-corrected chi connectivity index (χ2v) is 1.92. The van der Waals surface area contributed by atoms with Crippen LogP contribution in [0.5, 0.6) is 0 Å². The number of allylic oxidation sites excluding steroid dienone is 2. The zero-order valence-electron chi connectivity index (χ0n) is 5.67. The second-order valence-electron chi connectivity index (χ2n) is 1.92. The maximum Gasteiger partial charge on any atom is 0.0697 e. The topological polar surface area (TPSA) is 23.8 Å². The van der Waals surface area contributed by atoms with Gasteiger partial charge in [0.15, 0.2) is 0 Å². The number of rotatable bonds is 0. The lowest BCUT2D eigenvalue weighted by atomic mass is 9.98. The average molecular weight is 108 g/mol. The van der Waals surface area contributed by atoms with Crippen LogP contribution < -0.4 is 0 Å². The van der Waals surface area contributed by atoms with Crippen molar-refractivity contribution in [1.29, 1.82) is 5.26 Å². The summed E-state index contributed by atoms with van der Waals surface area (Å²) in [6.45, 7) is 0. The van der Waals surface area contributed by atoms with E-state index >= 15 is 0 Å². The zero-order valence-corrected chi connectivity index (χ0v) is 4.67. The van der Waals surface area contributed by atoms with Crippen LogP contribution in [-0.2, 0) is 0 Å². The van der Waals surface area contributed by atoms with Gasteiger partial charge in [0.2, 0.25) is 0 Å². The highest BCUT2D eigenvalue weighted by Gasteiger charge is 2.04. The van der Waals surface area contributed by atoms with E-state index in [2.05, 4.69) is 6.07 Å². The van der Waals surface area contributed by atoms with E-state index in [1.807, 2.05) is 12.2 Å². The molecule has 0 spiro atoms. The molecule has 0 bridgehead atoms. The highest BCUT2D eigenvalue weighted by atomic mass is 14.3. The Labute approximate surface area is 51.0 Å². The maximum absolute atomic E-state index is 8.42. The Balaban J connectivity index is 2.52. The SMILES string of the molecule is [2H][C@@H]1CC=C[C@H](C#N)C1. The van der Waals surface area contributed by atoms with Crippen molar-refractivity contribution < 1.29 is 1.37 Å². The van der Waals surface area contributed by atoms with Gasteiger partial charge in [0.25, 0.3) is 0 Å². The second kappa shape index (κ2) is 2.52. The summed E-state index contributed by atoms with van der Waals surface area (Å²) in [5.74, 6) is 0.00116. The molecule has 0 saturated heterocycles.